The van der Waals surface area contributed by atoms with Gasteiger partial charge in [-0.1, -0.05) is 37.8 Å². The second-order valence-corrected chi connectivity index (χ2v) is 8.28. The highest BCUT2D eigenvalue weighted by Crippen LogP contribution is 2.27. The maximum Gasteiger partial charge on any atom is 0.130 e. The summed E-state index contributed by atoms with van der Waals surface area (Å²) < 4.78 is 11.1. The summed E-state index contributed by atoms with van der Waals surface area (Å²) in [6.07, 6.45) is 1.55. The van der Waals surface area contributed by atoms with Crippen LogP contribution in [0, 0.1) is 23.2 Å². The summed E-state index contributed by atoms with van der Waals surface area (Å²) >= 11 is 0. The predicted molar refractivity (Wildman–Crippen MR) is 111 cm³/mol. The van der Waals surface area contributed by atoms with Crippen LogP contribution in [0.4, 0.5) is 0 Å². The number of hydrogen-bond acceptors (Lipinski definition) is 3. The Morgan fingerprint density at radius 1 is 1.07 bits per heavy atom. The number of carbonyl (C=O) groups excluding carboxylic acids is 1. The smallest absolute Gasteiger partial charge is 0.130 e. The molecule has 3 heteroatoms. The van der Waals surface area contributed by atoms with E-state index in [9.17, 15) is 4.79 Å². The zero-order valence-electron chi connectivity index (χ0n) is 17.0. The molecule has 1 aliphatic rings. The molecule has 1 heterocycles. The molecule has 0 aromatic heterocycles. The first-order chi connectivity index (χ1) is 13.4. The zero-order chi connectivity index (χ0) is 20.0. The number of benzene rings is 2. The van der Waals surface area contributed by atoms with Gasteiger partial charge in [0.05, 0.1) is 19.8 Å². The van der Waals surface area contributed by atoms with Crippen LogP contribution in [-0.2, 0) is 16.0 Å². The Morgan fingerprint density at radius 2 is 1.64 bits per heavy atom. The van der Waals surface area contributed by atoms with Crippen molar-refractivity contribution in [1.29, 1.82) is 0 Å². The molecule has 28 heavy (non-hydrogen) atoms. The molecular formula is C25H28O3. The van der Waals surface area contributed by atoms with Gasteiger partial charge in [0, 0.05) is 23.0 Å². The monoisotopic (exact) mass is 376 g/mol. The molecule has 146 valence electrons. The molecule has 1 unspecified atom stereocenters. The maximum atomic E-state index is 11.2. The van der Waals surface area contributed by atoms with Crippen molar-refractivity contribution in [2.24, 2.45) is 11.3 Å². The molecule has 0 saturated carbocycles. The molecule has 2 aromatic rings. The van der Waals surface area contributed by atoms with Crippen molar-refractivity contribution in [3.63, 3.8) is 0 Å². The molecule has 0 N–H and O–H groups in total. The van der Waals surface area contributed by atoms with Crippen LogP contribution in [0.2, 0.25) is 0 Å². The van der Waals surface area contributed by atoms with Crippen molar-refractivity contribution < 1.29 is 14.3 Å². The number of ketones is 1. The molecular weight excluding hydrogens is 348 g/mol. The fraction of sp³-hybridized carbons (Fsp3) is 0.400. The molecule has 0 amide bonds. The van der Waals surface area contributed by atoms with E-state index in [0.29, 0.717) is 18.9 Å². The van der Waals surface area contributed by atoms with E-state index in [2.05, 4.69) is 37.8 Å². The van der Waals surface area contributed by atoms with Gasteiger partial charge < -0.3 is 14.3 Å². The van der Waals surface area contributed by atoms with Crippen molar-refractivity contribution in [2.75, 3.05) is 19.8 Å². The van der Waals surface area contributed by atoms with Crippen molar-refractivity contribution in [3.8, 4) is 17.6 Å². The van der Waals surface area contributed by atoms with Gasteiger partial charge in [-0.15, -0.1) is 0 Å². The SMILES string of the molecule is CC(=O)CC(C)Cc1ccc(C#Cc2ccc(OCC3(C)COC3)cc2)cc1. The topological polar surface area (TPSA) is 35.5 Å². The Balaban J connectivity index is 1.53. The van der Waals surface area contributed by atoms with Crippen molar-refractivity contribution in [3.05, 3.63) is 65.2 Å². The molecule has 3 rings (SSSR count). The Kier molecular flexibility index (Phi) is 6.54. The Morgan fingerprint density at radius 3 is 2.14 bits per heavy atom. The lowest BCUT2D eigenvalue weighted by molar-refractivity contribution is -0.120. The van der Waals surface area contributed by atoms with E-state index < -0.39 is 0 Å². The molecule has 1 atom stereocenters. The summed E-state index contributed by atoms with van der Waals surface area (Å²) in [4.78, 5) is 11.2. The quantitative estimate of drug-likeness (QED) is 0.660. The summed E-state index contributed by atoms with van der Waals surface area (Å²) in [7, 11) is 0. The number of Topliss-reactive ketones (excluding diaryl/α,β-unsaturated/α-hetero) is 1. The normalized spacial score (nSPS) is 15.7. The largest absolute Gasteiger partial charge is 0.493 e. The van der Waals surface area contributed by atoms with Gasteiger partial charge in [-0.3, -0.25) is 0 Å². The summed E-state index contributed by atoms with van der Waals surface area (Å²) in [5.74, 6) is 7.89. The Bertz CT molecular complexity index is 849. The van der Waals surface area contributed by atoms with E-state index in [1.54, 1.807) is 6.92 Å². The van der Waals surface area contributed by atoms with Gasteiger partial charge in [0.1, 0.15) is 11.5 Å². The molecule has 1 aliphatic heterocycles. The molecule has 1 fully saturated rings. The number of carbonyl (C=O) groups is 1. The first-order valence-electron chi connectivity index (χ1n) is 9.83. The molecule has 0 spiro atoms. The highest BCUT2D eigenvalue weighted by molar-refractivity contribution is 5.75. The van der Waals surface area contributed by atoms with Crippen LogP contribution in [-0.4, -0.2) is 25.6 Å². The molecule has 0 aliphatic carbocycles. The summed E-state index contributed by atoms with van der Waals surface area (Å²) in [5.41, 5.74) is 3.34. The first kappa shape index (κ1) is 20.2. The van der Waals surface area contributed by atoms with Gasteiger partial charge in [0.15, 0.2) is 0 Å². The lowest BCUT2D eigenvalue weighted by atomic mass is 9.90. The lowest BCUT2D eigenvalue weighted by Crippen LogP contribution is -2.44. The second-order valence-electron chi connectivity index (χ2n) is 8.28. The third kappa shape index (κ3) is 5.97. The third-order valence-corrected chi connectivity index (χ3v) is 4.87. The van der Waals surface area contributed by atoms with E-state index in [1.165, 1.54) is 5.56 Å². The standard InChI is InChI=1S/C25H28O3/c1-19(14-20(2)26)15-23-8-6-21(7-9-23)4-5-22-10-12-24(13-11-22)28-18-25(3)16-27-17-25/h6-13,19H,14-18H2,1-3H3. The van der Waals surface area contributed by atoms with E-state index in [-0.39, 0.29) is 11.2 Å². The van der Waals surface area contributed by atoms with Crippen LogP contribution in [0.25, 0.3) is 0 Å². The van der Waals surface area contributed by atoms with E-state index in [4.69, 9.17) is 9.47 Å². The molecule has 2 aromatic carbocycles. The minimum absolute atomic E-state index is 0.147. The van der Waals surface area contributed by atoms with Crippen LogP contribution in [0.1, 0.15) is 43.9 Å². The summed E-state index contributed by atoms with van der Waals surface area (Å²) in [6, 6.07) is 16.2. The number of hydrogen-bond donors (Lipinski definition) is 0. The van der Waals surface area contributed by atoms with Crippen molar-refractivity contribution in [1.82, 2.24) is 0 Å². The second kappa shape index (κ2) is 9.08. The fourth-order valence-electron chi connectivity index (χ4n) is 3.26. The van der Waals surface area contributed by atoms with Gasteiger partial charge in [-0.2, -0.15) is 0 Å². The number of ether oxygens (including phenoxy) is 2. The maximum absolute atomic E-state index is 11.2. The van der Waals surface area contributed by atoms with Crippen molar-refractivity contribution in [2.45, 2.75) is 33.6 Å². The molecule has 0 bridgehead atoms. The molecule has 3 nitrogen and oxygen atoms in total. The molecule has 0 radical (unpaired) electrons. The summed E-state index contributed by atoms with van der Waals surface area (Å²) in [6.45, 7) is 8.15. The predicted octanol–water partition coefficient (Wildman–Crippen LogP) is 4.66. The third-order valence-electron chi connectivity index (χ3n) is 4.87. The fourth-order valence-corrected chi connectivity index (χ4v) is 3.26. The minimum Gasteiger partial charge on any atom is -0.493 e. The highest BCUT2D eigenvalue weighted by atomic mass is 16.5. The average Bonchev–Trinajstić information content (AvgIpc) is 2.64. The van der Waals surface area contributed by atoms with E-state index in [1.807, 2.05) is 36.4 Å². The van der Waals surface area contributed by atoms with Crippen LogP contribution >= 0.6 is 0 Å². The first-order valence-corrected chi connectivity index (χ1v) is 9.83. The Hall–Kier alpha value is -2.57. The molecule has 1 saturated heterocycles. The van der Waals surface area contributed by atoms with Crippen molar-refractivity contribution >= 4 is 5.78 Å². The highest BCUT2D eigenvalue weighted by Gasteiger charge is 2.34. The van der Waals surface area contributed by atoms with Gasteiger partial charge in [0.25, 0.3) is 0 Å². The van der Waals surface area contributed by atoms with Gasteiger partial charge in [-0.05, 0) is 61.2 Å². The van der Waals surface area contributed by atoms with E-state index in [0.717, 1.165) is 36.5 Å². The van der Waals surface area contributed by atoms with E-state index >= 15 is 0 Å². The van der Waals surface area contributed by atoms with Crippen LogP contribution in [0.3, 0.4) is 0 Å². The summed E-state index contributed by atoms with van der Waals surface area (Å²) in [5, 5.41) is 0. The van der Waals surface area contributed by atoms with Gasteiger partial charge in [-0.25, -0.2) is 0 Å². The number of rotatable bonds is 7. The van der Waals surface area contributed by atoms with Gasteiger partial charge in [0.2, 0.25) is 0 Å². The average molecular weight is 376 g/mol. The van der Waals surface area contributed by atoms with Crippen LogP contribution in [0.5, 0.6) is 5.75 Å². The zero-order valence-corrected chi connectivity index (χ0v) is 17.0. The van der Waals surface area contributed by atoms with Crippen LogP contribution < -0.4 is 4.74 Å². The lowest BCUT2D eigenvalue weighted by Gasteiger charge is -2.37. The Labute approximate surface area is 168 Å². The van der Waals surface area contributed by atoms with Crippen LogP contribution in [0.15, 0.2) is 48.5 Å². The minimum atomic E-state index is 0.147. The van der Waals surface area contributed by atoms with Gasteiger partial charge >= 0.3 is 0 Å².